The Hall–Kier alpha value is -1.38. The summed E-state index contributed by atoms with van der Waals surface area (Å²) in [7, 11) is 0. The van der Waals surface area contributed by atoms with Crippen molar-refractivity contribution in [2.75, 3.05) is 11.4 Å². The molecular weight excluding hydrogens is 217 g/mol. The van der Waals surface area contributed by atoms with Crippen molar-refractivity contribution in [2.45, 2.75) is 32.7 Å². The lowest BCUT2D eigenvalue weighted by Gasteiger charge is -2.39. The molecule has 17 heavy (non-hydrogen) atoms. The molecule has 2 rings (SSSR count). The topological polar surface area (TPSA) is 20.3 Å². The summed E-state index contributed by atoms with van der Waals surface area (Å²) in [5, 5.41) is 0. The third kappa shape index (κ3) is 2.33. The predicted molar refractivity (Wildman–Crippen MR) is 67.0 cm³/mol. The first kappa shape index (κ1) is 12.1. The minimum Gasteiger partial charge on any atom is -0.366 e. The fraction of sp³-hybridized carbons (Fsp3) is 0.500. The lowest BCUT2D eigenvalue weighted by atomic mass is 9.94. The monoisotopic (exact) mass is 235 g/mol. The van der Waals surface area contributed by atoms with E-state index in [4.69, 9.17) is 0 Å². The van der Waals surface area contributed by atoms with Gasteiger partial charge in [-0.15, -0.1) is 0 Å². The van der Waals surface area contributed by atoms with Gasteiger partial charge < -0.3 is 4.90 Å². The van der Waals surface area contributed by atoms with E-state index < -0.39 is 0 Å². The highest BCUT2D eigenvalue weighted by Gasteiger charge is 2.26. The van der Waals surface area contributed by atoms with E-state index in [0.29, 0.717) is 23.2 Å². The van der Waals surface area contributed by atoms with Crippen molar-refractivity contribution < 1.29 is 9.18 Å². The van der Waals surface area contributed by atoms with Crippen LogP contribution in [0.25, 0.3) is 0 Å². The number of hydrogen-bond donors (Lipinski definition) is 0. The van der Waals surface area contributed by atoms with Gasteiger partial charge in [-0.2, -0.15) is 0 Å². The van der Waals surface area contributed by atoms with Gasteiger partial charge >= 0.3 is 0 Å². The van der Waals surface area contributed by atoms with E-state index in [2.05, 4.69) is 13.8 Å². The van der Waals surface area contributed by atoms with Crippen LogP contribution in [0.1, 0.15) is 37.0 Å². The number of aldehydes is 1. The van der Waals surface area contributed by atoms with Crippen LogP contribution >= 0.6 is 0 Å². The van der Waals surface area contributed by atoms with Gasteiger partial charge in [0.15, 0.2) is 6.29 Å². The number of rotatable bonds is 2. The van der Waals surface area contributed by atoms with E-state index in [1.807, 2.05) is 4.90 Å². The molecule has 92 valence electrons. The van der Waals surface area contributed by atoms with Crippen LogP contribution in [0.15, 0.2) is 18.2 Å². The first-order valence-corrected chi connectivity index (χ1v) is 6.13. The molecular formula is C14H18FNO. The minimum absolute atomic E-state index is 0.293. The molecule has 1 heterocycles. The van der Waals surface area contributed by atoms with Crippen LogP contribution in [0.5, 0.6) is 0 Å². The Kier molecular flexibility index (Phi) is 3.46. The molecule has 1 saturated heterocycles. The highest BCUT2D eigenvalue weighted by Crippen LogP contribution is 2.31. The molecule has 0 saturated carbocycles. The molecule has 2 unspecified atom stereocenters. The van der Waals surface area contributed by atoms with Gasteiger partial charge in [-0.1, -0.05) is 13.0 Å². The molecule has 2 atom stereocenters. The Morgan fingerprint density at radius 3 is 2.82 bits per heavy atom. The quantitative estimate of drug-likeness (QED) is 0.733. The third-order valence-corrected chi connectivity index (χ3v) is 3.55. The van der Waals surface area contributed by atoms with E-state index in [9.17, 15) is 9.18 Å². The third-order valence-electron chi connectivity index (χ3n) is 3.55. The number of anilines is 1. The molecule has 0 aliphatic carbocycles. The van der Waals surface area contributed by atoms with Crippen LogP contribution in [-0.4, -0.2) is 18.9 Å². The number of carbonyl (C=O) groups excluding carboxylic acids is 1. The maximum Gasteiger partial charge on any atom is 0.152 e. The van der Waals surface area contributed by atoms with Crippen molar-refractivity contribution in [3.8, 4) is 0 Å². The molecule has 0 radical (unpaired) electrons. The van der Waals surface area contributed by atoms with Crippen LogP contribution < -0.4 is 4.90 Å². The molecule has 0 N–H and O–H groups in total. The standard InChI is InChI=1S/C14H18FNO/c1-10-6-7-11(2)16(8-10)14-12(9-17)4-3-5-13(14)15/h3-5,9-11H,6-8H2,1-2H3. The van der Waals surface area contributed by atoms with Crippen molar-refractivity contribution in [1.29, 1.82) is 0 Å². The van der Waals surface area contributed by atoms with Crippen LogP contribution in [-0.2, 0) is 0 Å². The van der Waals surface area contributed by atoms with Crippen molar-refractivity contribution >= 4 is 12.0 Å². The second kappa shape index (κ2) is 4.86. The number of halogens is 1. The van der Waals surface area contributed by atoms with E-state index >= 15 is 0 Å². The van der Waals surface area contributed by atoms with Gasteiger partial charge in [0.25, 0.3) is 0 Å². The second-order valence-electron chi connectivity index (χ2n) is 4.98. The maximum atomic E-state index is 13.9. The Labute approximate surface area is 101 Å². The summed E-state index contributed by atoms with van der Waals surface area (Å²) in [5.41, 5.74) is 0.924. The molecule has 2 nitrogen and oxygen atoms in total. The van der Waals surface area contributed by atoms with Gasteiger partial charge in [0.05, 0.1) is 5.69 Å². The summed E-state index contributed by atoms with van der Waals surface area (Å²) in [4.78, 5) is 13.1. The van der Waals surface area contributed by atoms with Crippen molar-refractivity contribution in [3.63, 3.8) is 0 Å². The maximum absolute atomic E-state index is 13.9. The molecule has 1 aromatic carbocycles. The van der Waals surface area contributed by atoms with Gasteiger partial charge in [-0.25, -0.2) is 4.39 Å². The fourth-order valence-corrected chi connectivity index (χ4v) is 2.53. The average Bonchev–Trinajstić information content (AvgIpc) is 2.32. The molecule has 0 spiro atoms. The lowest BCUT2D eigenvalue weighted by molar-refractivity contribution is 0.112. The minimum atomic E-state index is -0.296. The van der Waals surface area contributed by atoms with Crippen LogP contribution in [0.2, 0.25) is 0 Å². The summed E-state index contributed by atoms with van der Waals surface area (Å²) in [6, 6.07) is 4.98. The summed E-state index contributed by atoms with van der Waals surface area (Å²) in [6.45, 7) is 5.08. The molecule has 1 fully saturated rings. The van der Waals surface area contributed by atoms with Crippen LogP contribution in [0.3, 0.4) is 0 Å². The first-order chi connectivity index (χ1) is 8.13. The van der Waals surface area contributed by atoms with Gasteiger partial charge in [-0.3, -0.25) is 4.79 Å². The molecule has 1 aliphatic rings. The molecule has 3 heteroatoms. The SMILES string of the molecule is CC1CCC(C)N(c2c(F)cccc2C=O)C1. The zero-order valence-corrected chi connectivity index (χ0v) is 10.3. The van der Waals surface area contributed by atoms with E-state index in [1.165, 1.54) is 12.5 Å². The van der Waals surface area contributed by atoms with Crippen molar-refractivity contribution in [1.82, 2.24) is 0 Å². The lowest BCUT2D eigenvalue weighted by Crippen LogP contribution is -2.42. The smallest absolute Gasteiger partial charge is 0.152 e. The van der Waals surface area contributed by atoms with Gasteiger partial charge in [0.2, 0.25) is 0 Å². The second-order valence-corrected chi connectivity index (χ2v) is 4.98. The highest BCUT2D eigenvalue weighted by atomic mass is 19.1. The number of benzene rings is 1. The van der Waals surface area contributed by atoms with E-state index in [-0.39, 0.29) is 5.82 Å². The van der Waals surface area contributed by atoms with Gasteiger partial charge in [0.1, 0.15) is 5.82 Å². The summed E-state index contributed by atoms with van der Waals surface area (Å²) in [5.74, 6) is 0.251. The molecule has 0 bridgehead atoms. The highest BCUT2D eigenvalue weighted by molar-refractivity contribution is 5.85. The van der Waals surface area contributed by atoms with Crippen molar-refractivity contribution in [3.05, 3.63) is 29.6 Å². The zero-order chi connectivity index (χ0) is 12.4. The first-order valence-electron chi connectivity index (χ1n) is 6.13. The number of para-hydroxylation sites is 1. The summed E-state index contributed by atoms with van der Waals surface area (Å²) >= 11 is 0. The Bertz CT molecular complexity index is 419. The average molecular weight is 235 g/mol. The van der Waals surface area contributed by atoms with Crippen LogP contribution in [0.4, 0.5) is 10.1 Å². The molecule has 0 aromatic heterocycles. The fourth-order valence-electron chi connectivity index (χ4n) is 2.53. The number of piperidine rings is 1. The Balaban J connectivity index is 2.41. The summed E-state index contributed by atoms with van der Waals surface area (Å²) < 4.78 is 13.9. The number of nitrogens with zero attached hydrogens (tertiary/aromatic N) is 1. The number of carbonyl (C=O) groups is 1. The Morgan fingerprint density at radius 1 is 1.35 bits per heavy atom. The van der Waals surface area contributed by atoms with Gasteiger partial charge in [0, 0.05) is 18.2 Å². The summed E-state index contributed by atoms with van der Waals surface area (Å²) in [6.07, 6.45) is 2.96. The Morgan fingerprint density at radius 2 is 2.12 bits per heavy atom. The zero-order valence-electron chi connectivity index (χ0n) is 10.3. The molecule has 1 aliphatic heterocycles. The molecule has 1 aromatic rings. The number of hydrogen-bond acceptors (Lipinski definition) is 2. The van der Waals surface area contributed by atoms with Crippen molar-refractivity contribution in [2.24, 2.45) is 5.92 Å². The van der Waals surface area contributed by atoms with E-state index in [0.717, 1.165) is 19.3 Å². The largest absolute Gasteiger partial charge is 0.366 e. The van der Waals surface area contributed by atoms with Crippen LogP contribution in [0, 0.1) is 11.7 Å². The molecule has 0 amide bonds. The van der Waals surface area contributed by atoms with E-state index in [1.54, 1.807) is 12.1 Å². The normalized spacial score (nSPS) is 24.8. The predicted octanol–water partition coefficient (Wildman–Crippen LogP) is 3.26. The van der Waals surface area contributed by atoms with Gasteiger partial charge in [-0.05, 0) is 37.8 Å².